The summed E-state index contributed by atoms with van der Waals surface area (Å²) < 4.78 is 6.60. The fourth-order valence-corrected chi connectivity index (χ4v) is 4.94. The molecule has 160 valence electrons. The molecule has 0 atom stereocenters. The van der Waals surface area contributed by atoms with E-state index in [1.807, 2.05) is 24.4 Å². The van der Waals surface area contributed by atoms with Crippen LogP contribution in [-0.4, -0.2) is 40.9 Å². The molecule has 4 rings (SSSR count). The van der Waals surface area contributed by atoms with E-state index in [1.165, 1.54) is 11.3 Å². The Morgan fingerprint density at radius 2 is 1.97 bits per heavy atom. The number of carbonyl (C=O) groups is 1. The molecule has 0 spiro atoms. The first-order valence-electron chi connectivity index (χ1n) is 9.27. The summed E-state index contributed by atoms with van der Waals surface area (Å²) >= 11 is 20.5. The Morgan fingerprint density at radius 1 is 1.23 bits per heavy atom. The second-order valence-corrected chi connectivity index (χ2v) is 8.89. The number of thiophene rings is 1. The van der Waals surface area contributed by atoms with Crippen LogP contribution in [0.1, 0.15) is 16.1 Å². The molecule has 0 unspecified atom stereocenters. The SMILES string of the molecule is COCCNC(=O)c1cc(-c2cccs2)nc2c1c(C)nn2-c1c(Cl)cc(Cl)cc1Cl. The number of carbonyl (C=O) groups excluding carboxylic acids is 1. The molecule has 31 heavy (non-hydrogen) atoms. The normalized spacial score (nSPS) is 11.3. The highest BCUT2D eigenvalue weighted by molar-refractivity contribution is 7.13. The Kier molecular flexibility index (Phi) is 6.50. The first-order chi connectivity index (χ1) is 14.9. The van der Waals surface area contributed by atoms with Gasteiger partial charge in [-0.3, -0.25) is 4.79 Å². The maximum absolute atomic E-state index is 13.0. The van der Waals surface area contributed by atoms with Crippen molar-refractivity contribution in [2.24, 2.45) is 0 Å². The van der Waals surface area contributed by atoms with Crippen LogP contribution in [0.3, 0.4) is 0 Å². The topological polar surface area (TPSA) is 69.0 Å². The Hall–Kier alpha value is -2.16. The summed E-state index contributed by atoms with van der Waals surface area (Å²) in [6.07, 6.45) is 0. The fourth-order valence-electron chi connectivity index (χ4n) is 3.27. The van der Waals surface area contributed by atoms with Gasteiger partial charge in [0.05, 0.1) is 43.9 Å². The second-order valence-electron chi connectivity index (χ2n) is 6.69. The number of aromatic nitrogens is 3. The fraction of sp³-hybridized carbons (Fsp3) is 0.190. The van der Waals surface area contributed by atoms with Crippen molar-refractivity contribution in [1.29, 1.82) is 0 Å². The van der Waals surface area contributed by atoms with Crippen molar-refractivity contribution in [3.05, 3.63) is 62.0 Å². The molecule has 0 fully saturated rings. The predicted molar refractivity (Wildman–Crippen MR) is 126 cm³/mol. The summed E-state index contributed by atoms with van der Waals surface area (Å²) in [7, 11) is 1.58. The molecule has 1 N–H and O–H groups in total. The Morgan fingerprint density at radius 3 is 2.61 bits per heavy atom. The standard InChI is InChI=1S/C21H17Cl3N4O2S/c1-11-18-13(21(29)25-5-6-30-2)10-16(17-4-3-7-31-17)26-20(18)28(27-11)19-14(23)8-12(22)9-15(19)24/h3-4,7-10H,5-6H2,1-2H3,(H,25,29). The lowest BCUT2D eigenvalue weighted by molar-refractivity contribution is 0.0938. The van der Waals surface area contributed by atoms with Gasteiger partial charge in [-0.25, -0.2) is 9.67 Å². The third kappa shape index (κ3) is 4.29. The monoisotopic (exact) mass is 494 g/mol. The summed E-state index contributed by atoms with van der Waals surface area (Å²) in [4.78, 5) is 18.8. The minimum atomic E-state index is -0.238. The lowest BCUT2D eigenvalue weighted by Crippen LogP contribution is -2.27. The van der Waals surface area contributed by atoms with Crippen molar-refractivity contribution in [3.63, 3.8) is 0 Å². The number of nitrogens with zero attached hydrogens (tertiary/aromatic N) is 3. The van der Waals surface area contributed by atoms with Crippen LogP contribution in [0, 0.1) is 6.92 Å². The van der Waals surface area contributed by atoms with Crippen LogP contribution >= 0.6 is 46.1 Å². The van der Waals surface area contributed by atoms with Crippen LogP contribution in [0.4, 0.5) is 0 Å². The van der Waals surface area contributed by atoms with E-state index in [0.717, 1.165) is 4.88 Å². The van der Waals surface area contributed by atoms with Crippen molar-refractivity contribution in [1.82, 2.24) is 20.1 Å². The third-order valence-electron chi connectivity index (χ3n) is 4.62. The minimum Gasteiger partial charge on any atom is -0.383 e. The van der Waals surface area contributed by atoms with Gasteiger partial charge in [-0.05, 0) is 36.6 Å². The summed E-state index contributed by atoms with van der Waals surface area (Å²) in [5.41, 5.74) is 2.68. The van der Waals surface area contributed by atoms with Gasteiger partial charge in [-0.1, -0.05) is 40.9 Å². The summed E-state index contributed by atoms with van der Waals surface area (Å²) in [5.74, 6) is -0.238. The van der Waals surface area contributed by atoms with E-state index in [0.29, 0.717) is 61.9 Å². The zero-order chi connectivity index (χ0) is 22.1. The molecular formula is C21H17Cl3N4O2S. The van der Waals surface area contributed by atoms with Gasteiger partial charge in [-0.2, -0.15) is 5.10 Å². The molecule has 10 heteroatoms. The highest BCUT2D eigenvalue weighted by Gasteiger charge is 2.23. The Balaban J connectivity index is 1.98. The average Bonchev–Trinajstić information content (AvgIpc) is 3.36. The van der Waals surface area contributed by atoms with E-state index in [-0.39, 0.29) is 5.91 Å². The molecule has 3 heterocycles. The largest absolute Gasteiger partial charge is 0.383 e. The summed E-state index contributed by atoms with van der Waals surface area (Å²) in [6.45, 7) is 2.61. The molecule has 0 saturated carbocycles. The number of amides is 1. The number of pyridine rings is 1. The number of ether oxygens (including phenoxy) is 1. The molecule has 0 aliphatic rings. The number of hydrogen-bond acceptors (Lipinski definition) is 5. The molecule has 0 saturated heterocycles. The van der Waals surface area contributed by atoms with Crippen LogP contribution in [0.5, 0.6) is 0 Å². The van der Waals surface area contributed by atoms with E-state index in [4.69, 9.17) is 44.5 Å². The minimum absolute atomic E-state index is 0.238. The zero-order valence-corrected chi connectivity index (χ0v) is 19.7. The lowest BCUT2D eigenvalue weighted by Gasteiger charge is -2.11. The molecule has 6 nitrogen and oxygen atoms in total. The van der Waals surface area contributed by atoms with Gasteiger partial charge >= 0.3 is 0 Å². The molecule has 4 aromatic rings. The number of hydrogen-bond donors (Lipinski definition) is 1. The number of nitrogens with one attached hydrogen (secondary N) is 1. The van der Waals surface area contributed by atoms with E-state index in [9.17, 15) is 4.79 Å². The van der Waals surface area contributed by atoms with Crippen molar-refractivity contribution in [2.45, 2.75) is 6.92 Å². The van der Waals surface area contributed by atoms with E-state index in [1.54, 1.807) is 30.0 Å². The van der Waals surface area contributed by atoms with Crippen LogP contribution in [0.2, 0.25) is 15.1 Å². The predicted octanol–water partition coefficient (Wildman–Crippen LogP) is 5.79. The molecule has 0 bridgehead atoms. The van der Waals surface area contributed by atoms with Crippen molar-refractivity contribution < 1.29 is 9.53 Å². The number of aryl methyl sites for hydroxylation is 1. The maximum atomic E-state index is 13.0. The van der Waals surface area contributed by atoms with Crippen LogP contribution < -0.4 is 5.32 Å². The van der Waals surface area contributed by atoms with Crippen molar-refractivity contribution in [3.8, 4) is 16.3 Å². The van der Waals surface area contributed by atoms with E-state index < -0.39 is 0 Å². The van der Waals surface area contributed by atoms with Gasteiger partial charge in [0.25, 0.3) is 5.91 Å². The Labute approximate surface area is 197 Å². The molecule has 0 radical (unpaired) electrons. The highest BCUT2D eigenvalue weighted by atomic mass is 35.5. The quantitative estimate of drug-likeness (QED) is 0.344. The highest BCUT2D eigenvalue weighted by Crippen LogP contribution is 2.36. The Bertz CT molecular complexity index is 1250. The molecule has 1 amide bonds. The number of fused-ring (bicyclic) bond motifs is 1. The molecule has 0 aliphatic heterocycles. The smallest absolute Gasteiger partial charge is 0.252 e. The first-order valence-corrected chi connectivity index (χ1v) is 11.3. The molecule has 1 aromatic carbocycles. The van der Waals surface area contributed by atoms with Crippen LogP contribution in [-0.2, 0) is 4.74 Å². The first kappa shape index (κ1) is 22.0. The zero-order valence-electron chi connectivity index (χ0n) is 16.6. The van der Waals surface area contributed by atoms with Gasteiger partial charge in [0, 0.05) is 18.7 Å². The third-order valence-corrected chi connectivity index (χ3v) is 6.30. The van der Waals surface area contributed by atoms with Gasteiger partial charge in [0.1, 0.15) is 5.69 Å². The van der Waals surface area contributed by atoms with Gasteiger partial charge < -0.3 is 10.1 Å². The van der Waals surface area contributed by atoms with Crippen molar-refractivity contribution >= 4 is 63.1 Å². The van der Waals surface area contributed by atoms with Crippen molar-refractivity contribution in [2.75, 3.05) is 20.3 Å². The van der Waals surface area contributed by atoms with E-state index in [2.05, 4.69) is 10.4 Å². The number of methoxy groups -OCH3 is 1. The number of rotatable bonds is 6. The average molecular weight is 496 g/mol. The van der Waals surface area contributed by atoms with Crippen LogP contribution in [0.15, 0.2) is 35.7 Å². The van der Waals surface area contributed by atoms with Gasteiger partial charge in [0.2, 0.25) is 0 Å². The maximum Gasteiger partial charge on any atom is 0.252 e. The molecular weight excluding hydrogens is 479 g/mol. The molecule has 0 aliphatic carbocycles. The van der Waals surface area contributed by atoms with Gasteiger partial charge in [-0.15, -0.1) is 11.3 Å². The lowest BCUT2D eigenvalue weighted by atomic mass is 10.1. The second kappa shape index (κ2) is 9.14. The van der Waals surface area contributed by atoms with Crippen LogP contribution in [0.25, 0.3) is 27.3 Å². The number of benzene rings is 1. The van der Waals surface area contributed by atoms with Gasteiger partial charge in [0.15, 0.2) is 5.65 Å². The van der Waals surface area contributed by atoms with E-state index >= 15 is 0 Å². The summed E-state index contributed by atoms with van der Waals surface area (Å²) in [5, 5.41) is 11.1. The summed E-state index contributed by atoms with van der Waals surface area (Å²) in [6, 6.07) is 8.84. The molecule has 3 aromatic heterocycles. The number of halogens is 3.